The quantitative estimate of drug-likeness (QED) is 0.282. The van der Waals surface area contributed by atoms with Crippen LogP contribution in [0.2, 0.25) is 0 Å². The Kier molecular flexibility index (Phi) is 5.57. The van der Waals surface area contributed by atoms with Gasteiger partial charge < -0.3 is 9.47 Å². The zero-order valence-electron chi connectivity index (χ0n) is 22.1. The van der Waals surface area contributed by atoms with E-state index in [1.807, 2.05) is 40.9 Å². The number of carbonyl (C=O) groups excluding carboxylic acids is 1. The molecule has 0 spiro atoms. The Morgan fingerprint density at radius 2 is 1.68 bits per heavy atom. The van der Waals surface area contributed by atoms with Crippen molar-refractivity contribution in [2.45, 2.75) is 45.1 Å². The number of rotatable bonds is 5. The van der Waals surface area contributed by atoms with Crippen LogP contribution in [0.5, 0.6) is 0 Å². The van der Waals surface area contributed by atoms with E-state index in [1.165, 1.54) is 29.7 Å². The van der Waals surface area contributed by atoms with E-state index in [4.69, 9.17) is 10.1 Å². The first-order valence-electron chi connectivity index (χ1n) is 13.8. The van der Waals surface area contributed by atoms with Crippen molar-refractivity contribution in [3.63, 3.8) is 0 Å². The van der Waals surface area contributed by atoms with Crippen LogP contribution in [0.4, 0.5) is 0 Å². The van der Waals surface area contributed by atoms with Crippen molar-refractivity contribution >= 4 is 27.8 Å². The highest BCUT2D eigenvalue weighted by atomic mass is 16.2. The number of nitrogens with zero attached hydrogens (tertiary/aromatic N) is 5. The first kappa shape index (κ1) is 23.2. The van der Waals surface area contributed by atoms with Crippen LogP contribution in [0.1, 0.15) is 53.3 Å². The molecule has 6 heteroatoms. The van der Waals surface area contributed by atoms with Crippen molar-refractivity contribution in [1.82, 2.24) is 24.2 Å². The Morgan fingerprint density at radius 3 is 2.47 bits per heavy atom. The maximum Gasteiger partial charge on any atom is 0.256 e. The first-order valence-corrected chi connectivity index (χ1v) is 13.8. The van der Waals surface area contributed by atoms with E-state index < -0.39 is 0 Å². The molecule has 0 radical (unpaired) electrons. The Morgan fingerprint density at radius 1 is 0.921 bits per heavy atom. The van der Waals surface area contributed by atoms with Gasteiger partial charge in [0.05, 0.1) is 22.1 Å². The number of carbonyl (C=O) groups is 1. The molecule has 6 nitrogen and oxygen atoms in total. The van der Waals surface area contributed by atoms with E-state index in [1.54, 1.807) is 0 Å². The van der Waals surface area contributed by atoms with Gasteiger partial charge in [-0.2, -0.15) is 5.10 Å². The minimum atomic E-state index is 0.0971. The molecule has 3 aromatic carbocycles. The minimum absolute atomic E-state index is 0.0971. The fraction of sp³-hybridized carbons (Fsp3) is 0.344. The largest absolute Gasteiger partial charge is 0.339 e. The highest BCUT2D eigenvalue weighted by Crippen LogP contribution is 2.37. The number of fused-ring (bicyclic) bond motifs is 2. The van der Waals surface area contributed by atoms with E-state index in [0.717, 1.165) is 71.6 Å². The third-order valence-electron chi connectivity index (χ3n) is 8.46. The number of likely N-dealkylation sites (tertiary alicyclic amines) is 1. The molecule has 2 fully saturated rings. The highest BCUT2D eigenvalue weighted by Gasteiger charge is 2.31. The Balaban J connectivity index is 1.16. The smallest absolute Gasteiger partial charge is 0.256 e. The van der Waals surface area contributed by atoms with E-state index in [9.17, 15) is 4.79 Å². The standard InChI is InChI=1S/C32H33N5O/c1-21-8-3-4-9-24(21)29-25-10-7-11-26(30(25)35(2)34-29)32(38)36-18-16-23(17-19-36)31-33-27-12-5-6-13-28(27)37(31)20-22-14-15-22/h3-13,22-23H,14-20H2,1-2H3. The molecule has 0 atom stereocenters. The molecule has 0 bridgehead atoms. The van der Waals surface area contributed by atoms with Gasteiger partial charge in [0.15, 0.2) is 0 Å². The fourth-order valence-corrected chi connectivity index (χ4v) is 6.21. The number of piperidine rings is 1. The van der Waals surface area contributed by atoms with Crippen LogP contribution < -0.4 is 0 Å². The van der Waals surface area contributed by atoms with Gasteiger partial charge in [0.1, 0.15) is 11.5 Å². The monoisotopic (exact) mass is 503 g/mol. The highest BCUT2D eigenvalue weighted by molar-refractivity contribution is 6.09. The molecule has 192 valence electrons. The summed E-state index contributed by atoms with van der Waals surface area (Å²) < 4.78 is 4.34. The zero-order chi connectivity index (χ0) is 25.8. The molecule has 3 heterocycles. The second kappa shape index (κ2) is 9.12. The van der Waals surface area contributed by atoms with Crippen LogP contribution in [-0.4, -0.2) is 43.2 Å². The normalized spacial score (nSPS) is 16.5. The van der Waals surface area contributed by atoms with Crippen molar-refractivity contribution in [2.75, 3.05) is 13.1 Å². The summed E-state index contributed by atoms with van der Waals surface area (Å²) >= 11 is 0. The molecule has 0 unspecified atom stereocenters. The first-order chi connectivity index (χ1) is 18.6. The predicted octanol–water partition coefficient (Wildman–Crippen LogP) is 6.33. The fourth-order valence-electron chi connectivity index (χ4n) is 6.21. The van der Waals surface area contributed by atoms with Crippen LogP contribution in [0.3, 0.4) is 0 Å². The van der Waals surface area contributed by atoms with Gasteiger partial charge in [-0.25, -0.2) is 4.98 Å². The van der Waals surface area contributed by atoms with Gasteiger partial charge in [0.2, 0.25) is 0 Å². The lowest BCUT2D eigenvalue weighted by atomic mass is 9.95. The van der Waals surface area contributed by atoms with Crippen LogP contribution >= 0.6 is 0 Å². The number of hydrogen-bond acceptors (Lipinski definition) is 3. The van der Waals surface area contributed by atoms with E-state index in [0.29, 0.717) is 5.92 Å². The minimum Gasteiger partial charge on any atom is -0.339 e. The summed E-state index contributed by atoms with van der Waals surface area (Å²) in [6, 6.07) is 22.8. The summed E-state index contributed by atoms with van der Waals surface area (Å²) in [6.45, 7) is 4.67. The van der Waals surface area contributed by atoms with Gasteiger partial charge in [0.25, 0.3) is 5.91 Å². The van der Waals surface area contributed by atoms with E-state index in [-0.39, 0.29) is 5.91 Å². The average Bonchev–Trinajstić information content (AvgIpc) is 3.61. The average molecular weight is 504 g/mol. The SMILES string of the molecule is Cc1ccccc1-c1nn(C)c2c(C(=O)N3CCC(c4nc5ccccc5n4CC4CC4)CC3)cccc12. The molecule has 2 aromatic heterocycles. The number of amides is 1. The molecule has 2 aliphatic rings. The Labute approximate surface area is 222 Å². The van der Waals surface area contributed by atoms with Gasteiger partial charge in [0, 0.05) is 43.5 Å². The summed E-state index contributed by atoms with van der Waals surface area (Å²) in [5.74, 6) is 2.48. The van der Waals surface area contributed by atoms with Gasteiger partial charge in [-0.05, 0) is 62.3 Å². The zero-order valence-corrected chi connectivity index (χ0v) is 22.1. The molecule has 1 saturated carbocycles. The van der Waals surface area contributed by atoms with Crippen molar-refractivity contribution in [2.24, 2.45) is 13.0 Å². The Bertz CT molecular complexity index is 1670. The van der Waals surface area contributed by atoms with Gasteiger partial charge in [-0.3, -0.25) is 9.48 Å². The summed E-state index contributed by atoms with van der Waals surface area (Å²) in [7, 11) is 1.94. The summed E-state index contributed by atoms with van der Waals surface area (Å²) in [4.78, 5) is 21.0. The number of aryl methyl sites for hydroxylation is 2. The molecule has 1 amide bonds. The third-order valence-corrected chi connectivity index (χ3v) is 8.46. The van der Waals surface area contributed by atoms with Crippen molar-refractivity contribution in [3.05, 3.63) is 83.7 Å². The number of aromatic nitrogens is 4. The third kappa shape index (κ3) is 3.90. The number of benzene rings is 3. The predicted molar refractivity (Wildman–Crippen MR) is 151 cm³/mol. The second-order valence-corrected chi connectivity index (χ2v) is 11.1. The van der Waals surface area contributed by atoms with Crippen molar-refractivity contribution < 1.29 is 4.79 Å². The van der Waals surface area contributed by atoms with E-state index >= 15 is 0 Å². The summed E-state index contributed by atoms with van der Waals surface area (Å²) in [6.07, 6.45) is 4.53. The van der Waals surface area contributed by atoms with E-state index in [2.05, 4.69) is 54.0 Å². The lowest BCUT2D eigenvalue weighted by Gasteiger charge is -2.32. The van der Waals surface area contributed by atoms with Crippen molar-refractivity contribution in [3.8, 4) is 11.3 Å². The Hall–Kier alpha value is -3.93. The number of hydrogen-bond donors (Lipinski definition) is 0. The summed E-state index contributed by atoms with van der Waals surface area (Å²) in [5.41, 5.74) is 7.20. The van der Waals surface area contributed by atoms with Crippen LogP contribution in [0, 0.1) is 12.8 Å². The lowest BCUT2D eigenvalue weighted by Crippen LogP contribution is -2.38. The maximum atomic E-state index is 13.8. The lowest BCUT2D eigenvalue weighted by molar-refractivity contribution is 0.0712. The molecular weight excluding hydrogens is 470 g/mol. The molecule has 38 heavy (non-hydrogen) atoms. The summed E-state index contributed by atoms with van der Waals surface area (Å²) in [5, 5.41) is 5.88. The molecule has 1 saturated heterocycles. The number of imidazole rings is 1. The molecule has 7 rings (SSSR count). The molecule has 5 aromatic rings. The van der Waals surface area contributed by atoms with Gasteiger partial charge >= 0.3 is 0 Å². The second-order valence-electron chi connectivity index (χ2n) is 11.1. The topological polar surface area (TPSA) is 56.0 Å². The number of para-hydroxylation sites is 3. The van der Waals surface area contributed by atoms with Gasteiger partial charge in [-0.15, -0.1) is 0 Å². The maximum absolute atomic E-state index is 13.8. The molecule has 1 aliphatic carbocycles. The van der Waals surface area contributed by atoms with Crippen LogP contribution in [-0.2, 0) is 13.6 Å². The van der Waals surface area contributed by atoms with Gasteiger partial charge in [-0.1, -0.05) is 48.5 Å². The van der Waals surface area contributed by atoms with Crippen molar-refractivity contribution in [1.29, 1.82) is 0 Å². The van der Waals surface area contributed by atoms with Crippen LogP contribution in [0.15, 0.2) is 66.7 Å². The molecule has 0 N–H and O–H groups in total. The molecule has 1 aliphatic heterocycles. The van der Waals surface area contributed by atoms with Crippen LogP contribution in [0.25, 0.3) is 33.2 Å². The molecular formula is C32H33N5O.